The van der Waals surface area contributed by atoms with Crippen molar-refractivity contribution in [1.29, 1.82) is 0 Å². The van der Waals surface area contributed by atoms with Gasteiger partial charge >= 0.3 is 0 Å². The van der Waals surface area contributed by atoms with Crippen LogP contribution in [0.1, 0.15) is 6.92 Å². The van der Waals surface area contributed by atoms with E-state index in [1.165, 1.54) is 21.8 Å². The summed E-state index contributed by atoms with van der Waals surface area (Å²) in [6.45, 7) is 3.62. The zero-order valence-corrected chi connectivity index (χ0v) is 16.0. The van der Waals surface area contributed by atoms with Crippen molar-refractivity contribution in [2.75, 3.05) is 16.9 Å². The number of benzene rings is 3. The van der Waals surface area contributed by atoms with Gasteiger partial charge in [-0.3, -0.25) is 5.01 Å². The Hall–Kier alpha value is -3.44. The first-order valence-corrected chi connectivity index (χ1v) is 9.48. The molecular formula is C23H25N5. The molecule has 0 aliphatic carbocycles. The molecule has 4 rings (SSSR count). The maximum Gasteiger partial charge on any atom is 0.0694 e. The van der Waals surface area contributed by atoms with E-state index in [1.807, 2.05) is 36.4 Å². The summed E-state index contributed by atoms with van der Waals surface area (Å²) >= 11 is 0. The Morgan fingerprint density at radius 3 is 2.43 bits per heavy atom. The molecule has 1 aromatic heterocycles. The molecule has 0 aliphatic heterocycles. The van der Waals surface area contributed by atoms with E-state index in [-0.39, 0.29) is 0 Å². The molecule has 0 atom stereocenters. The minimum Gasteiger partial charge on any atom is -0.403 e. The number of nitrogens with one attached hydrogen (secondary N) is 1. The van der Waals surface area contributed by atoms with E-state index < -0.39 is 0 Å². The van der Waals surface area contributed by atoms with Gasteiger partial charge in [0.15, 0.2) is 0 Å². The highest BCUT2D eigenvalue weighted by atomic mass is 15.4. The predicted octanol–water partition coefficient (Wildman–Crippen LogP) is 4.41. The summed E-state index contributed by atoms with van der Waals surface area (Å²) < 4.78 is 2.33. The van der Waals surface area contributed by atoms with Crippen LogP contribution in [0.2, 0.25) is 0 Å². The molecule has 0 bridgehead atoms. The molecular weight excluding hydrogens is 346 g/mol. The molecule has 1 heterocycles. The molecule has 3 aromatic carbocycles. The second-order valence-electron chi connectivity index (χ2n) is 6.71. The number of fused-ring (bicyclic) bond motifs is 3. The van der Waals surface area contributed by atoms with Gasteiger partial charge in [0, 0.05) is 40.2 Å². The number of aryl methyl sites for hydroxylation is 1. The van der Waals surface area contributed by atoms with Crippen molar-refractivity contribution in [2.45, 2.75) is 13.5 Å². The van der Waals surface area contributed by atoms with E-state index >= 15 is 0 Å². The van der Waals surface area contributed by atoms with E-state index in [0.29, 0.717) is 6.54 Å². The number of hydrazine groups is 1. The number of hydrogen-bond donors (Lipinski definition) is 3. The van der Waals surface area contributed by atoms with Crippen molar-refractivity contribution in [3.8, 4) is 0 Å². The number of para-hydroxylation sites is 2. The summed E-state index contributed by atoms with van der Waals surface area (Å²) in [5.74, 6) is 6.43. The SMILES string of the molecule is CCn1c2ccccc2c2cc(N(N)/C(=C\N)CNc3ccccc3)ccc21. The first-order valence-electron chi connectivity index (χ1n) is 9.48. The van der Waals surface area contributed by atoms with E-state index in [2.05, 4.69) is 53.2 Å². The Kier molecular flexibility index (Phi) is 4.91. The molecule has 5 N–H and O–H groups in total. The van der Waals surface area contributed by atoms with Crippen molar-refractivity contribution in [3.63, 3.8) is 0 Å². The molecule has 142 valence electrons. The van der Waals surface area contributed by atoms with Gasteiger partial charge in [0.1, 0.15) is 0 Å². The van der Waals surface area contributed by atoms with Gasteiger partial charge in [0.05, 0.1) is 17.9 Å². The fraction of sp³-hybridized carbons (Fsp3) is 0.130. The summed E-state index contributed by atoms with van der Waals surface area (Å²) in [6, 6.07) is 24.8. The molecule has 0 amide bonds. The lowest BCUT2D eigenvalue weighted by Gasteiger charge is -2.22. The third-order valence-corrected chi connectivity index (χ3v) is 5.10. The van der Waals surface area contributed by atoms with Gasteiger partial charge in [0.25, 0.3) is 0 Å². The monoisotopic (exact) mass is 371 g/mol. The van der Waals surface area contributed by atoms with Crippen LogP contribution in [0, 0.1) is 0 Å². The maximum absolute atomic E-state index is 6.43. The van der Waals surface area contributed by atoms with Gasteiger partial charge in [-0.05, 0) is 43.3 Å². The van der Waals surface area contributed by atoms with Crippen molar-refractivity contribution in [3.05, 3.63) is 84.7 Å². The number of anilines is 2. The molecule has 0 aliphatic rings. The van der Waals surface area contributed by atoms with Crippen LogP contribution in [0.25, 0.3) is 21.8 Å². The molecule has 0 spiro atoms. The van der Waals surface area contributed by atoms with Gasteiger partial charge in [-0.2, -0.15) is 0 Å². The zero-order valence-electron chi connectivity index (χ0n) is 16.0. The fourth-order valence-electron chi connectivity index (χ4n) is 3.67. The maximum atomic E-state index is 6.43. The minimum absolute atomic E-state index is 0.534. The van der Waals surface area contributed by atoms with Crippen LogP contribution in [0.4, 0.5) is 11.4 Å². The van der Waals surface area contributed by atoms with Crippen molar-refractivity contribution >= 4 is 33.2 Å². The molecule has 0 unspecified atom stereocenters. The second kappa shape index (κ2) is 7.66. The Bertz CT molecular complexity index is 1130. The van der Waals surface area contributed by atoms with Crippen LogP contribution >= 0.6 is 0 Å². The average molecular weight is 371 g/mol. The van der Waals surface area contributed by atoms with Crippen molar-refractivity contribution in [2.24, 2.45) is 11.6 Å². The fourth-order valence-corrected chi connectivity index (χ4v) is 3.67. The highest BCUT2D eigenvalue weighted by Crippen LogP contribution is 2.32. The van der Waals surface area contributed by atoms with Gasteiger partial charge in [0.2, 0.25) is 0 Å². The van der Waals surface area contributed by atoms with Crippen molar-refractivity contribution in [1.82, 2.24) is 4.57 Å². The van der Waals surface area contributed by atoms with Crippen LogP contribution in [0.5, 0.6) is 0 Å². The molecule has 0 saturated carbocycles. The van der Waals surface area contributed by atoms with E-state index in [1.54, 1.807) is 11.2 Å². The van der Waals surface area contributed by atoms with Crippen LogP contribution < -0.4 is 21.9 Å². The van der Waals surface area contributed by atoms with Crippen LogP contribution in [-0.2, 0) is 6.54 Å². The third kappa shape index (κ3) is 3.17. The van der Waals surface area contributed by atoms with Gasteiger partial charge in [-0.25, -0.2) is 5.84 Å². The number of nitrogens with two attached hydrogens (primary N) is 2. The van der Waals surface area contributed by atoms with Crippen LogP contribution in [-0.4, -0.2) is 11.1 Å². The lowest BCUT2D eigenvalue weighted by molar-refractivity contribution is 0.827. The number of nitrogens with zero attached hydrogens (tertiary/aromatic N) is 2. The third-order valence-electron chi connectivity index (χ3n) is 5.10. The second-order valence-corrected chi connectivity index (χ2v) is 6.71. The molecule has 28 heavy (non-hydrogen) atoms. The topological polar surface area (TPSA) is 72.2 Å². The lowest BCUT2D eigenvalue weighted by atomic mass is 10.1. The van der Waals surface area contributed by atoms with Gasteiger partial charge < -0.3 is 15.6 Å². The molecule has 0 saturated heterocycles. The van der Waals surface area contributed by atoms with Gasteiger partial charge in [-0.15, -0.1) is 0 Å². The lowest BCUT2D eigenvalue weighted by Crippen LogP contribution is -2.34. The minimum atomic E-state index is 0.534. The van der Waals surface area contributed by atoms with Crippen molar-refractivity contribution < 1.29 is 0 Å². The molecule has 0 fully saturated rings. The Morgan fingerprint density at radius 2 is 1.68 bits per heavy atom. The summed E-state index contributed by atoms with van der Waals surface area (Å²) in [4.78, 5) is 0. The average Bonchev–Trinajstić information content (AvgIpc) is 3.07. The first kappa shape index (κ1) is 17.9. The highest BCUT2D eigenvalue weighted by molar-refractivity contribution is 6.09. The Labute approximate surface area is 164 Å². The van der Waals surface area contributed by atoms with E-state index in [0.717, 1.165) is 23.6 Å². The highest BCUT2D eigenvalue weighted by Gasteiger charge is 2.13. The van der Waals surface area contributed by atoms with E-state index in [4.69, 9.17) is 11.6 Å². The first-order chi connectivity index (χ1) is 13.7. The van der Waals surface area contributed by atoms with E-state index in [9.17, 15) is 0 Å². The quantitative estimate of drug-likeness (QED) is 0.347. The summed E-state index contributed by atoms with van der Waals surface area (Å²) in [7, 11) is 0. The summed E-state index contributed by atoms with van der Waals surface area (Å²) in [5, 5.41) is 7.42. The van der Waals surface area contributed by atoms with Crippen LogP contribution in [0.15, 0.2) is 84.7 Å². The van der Waals surface area contributed by atoms with Gasteiger partial charge in [-0.1, -0.05) is 36.4 Å². The number of rotatable bonds is 6. The largest absolute Gasteiger partial charge is 0.403 e. The smallest absolute Gasteiger partial charge is 0.0694 e. The molecule has 4 aromatic rings. The number of hydrogen-bond acceptors (Lipinski definition) is 4. The summed E-state index contributed by atoms with van der Waals surface area (Å²) in [6.07, 6.45) is 1.55. The Morgan fingerprint density at radius 1 is 0.964 bits per heavy atom. The predicted molar refractivity (Wildman–Crippen MR) is 119 cm³/mol. The van der Waals surface area contributed by atoms with Crippen LogP contribution in [0.3, 0.4) is 0 Å². The summed E-state index contributed by atoms with van der Waals surface area (Å²) in [5.41, 5.74) is 11.0. The normalized spacial score (nSPS) is 11.9. The molecule has 0 radical (unpaired) electrons. The molecule has 5 heteroatoms. The molecule has 5 nitrogen and oxygen atoms in total. The Balaban J connectivity index is 1.66. The number of aromatic nitrogens is 1. The standard InChI is InChI=1S/C23H25N5/c1-2-27-22-11-7-6-10-20(22)21-14-18(12-13-23(21)27)28(25)19(15-24)16-26-17-8-4-3-5-9-17/h3-15,26H,2,16,24-25H2,1H3/b19-15-. The zero-order chi connectivity index (χ0) is 19.5.